The van der Waals surface area contributed by atoms with E-state index < -0.39 is 0 Å². The summed E-state index contributed by atoms with van der Waals surface area (Å²) in [5.74, 6) is 1.23. The highest BCUT2D eigenvalue weighted by Crippen LogP contribution is 2.22. The van der Waals surface area contributed by atoms with E-state index in [0.29, 0.717) is 28.8 Å². The van der Waals surface area contributed by atoms with Gasteiger partial charge in [-0.15, -0.1) is 0 Å². The van der Waals surface area contributed by atoms with Gasteiger partial charge in [0.1, 0.15) is 0 Å². The smallest absolute Gasteiger partial charge is 0.259 e. The summed E-state index contributed by atoms with van der Waals surface area (Å²) >= 11 is 7.41. The van der Waals surface area contributed by atoms with Gasteiger partial charge < -0.3 is 9.84 Å². The van der Waals surface area contributed by atoms with Gasteiger partial charge in [-0.3, -0.25) is 4.79 Å². The molecule has 0 bridgehead atoms. The zero-order valence-electron chi connectivity index (χ0n) is 14.3. The molecule has 0 atom stereocenters. The Morgan fingerprint density at radius 1 is 1.31 bits per heavy atom. The second-order valence-corrected chi connectivity index (χ2v) is 6.96. The molecule has 6 nitrogen and oxygen atoms in total. The number of nitrogens with one attached hydrogen (secondary N) is 1. The van der Waals surface area contributed by atoms with Crippen LogP contribution < -0.4 is 5.32 Å². The third kappa shape index (κ3) is 4.62. The van der Waals surface area contributed by atoms with Crippen molar-refractivity contribution < 1.29 is 9.32 Å². The van der Waals surface area contributed by atoms with Crippen LogP contribution in [-0.4, -0.2) is 26.8 Å². The second kappa shape index (κ2) is 8.33. The van der Waals surface area contributed by atoms with Gasteiger partial charge in [-0.25, -0.2) is 4.98 Å². The molecule has 0 unspecified atom stereocenters. The summed E-state index contributed by atoms with van der Waals surface area (Å²) in [7, 11) is 0. The van der Waals surface area contributed by atoms with Crippen LogP contribution in [0.4, 0.5) is 5.69 Å². The van der Waals surface area contributed by atoms with Crippen LogP contribution in [0.1, 0.15) is 18.3 Å². The number of aromatic nitrogens is 3. The molecule has 0 aliphatic rings. The Morgan fingerprint density at radius 3 is 2.81 bits per heavy atom. The quantitative estimate of drug-likeness (QED) is 0.631. The fourth-order valence-corrected chi connectivity index (χ4v) is 2.94. The van der Waals surface area contributed by atoms with Gasteiger partial charge in [0.25, 0.3) is 5.89 Å². The van der Waals surface area contributed by atoms with Gasteiger partial charge in [0.15, 0.2) is 5.82 Å². The molecule has 0 fully saturated rings. The maximum Gasteiger partial charge on any atom is 0.259 e. The summed E-state index contributed by atoms with van der Waals surface area (Å²) in [4.78, 5) is 20.7. The minimum Gasteiger partial charge on any atom is -0.334 e. The molecular weight excluding hydrogens is 372 g/mol. The molecule has 3 aromatic rings. The van der Waals surface area contributed by atoms with Crippen molar-refractivity contribution in [1.82, 2.24) is 15.1 Å². The summed E-state index contributed by atoms with van der Waals surface area (Å²) in [5.41, 5.74) is 2.40. The molecule has 0 aliphatic carbocycles. The maximum atomic E-state index is 12.1. The number of nitrogens with zero attached hydrogens (tertiary/aromatic N) is 3. The van der Waals surface area contributed by atoms with E-state index in [4.69, 9.17) is 16.1 Å². The third-order valence-corrected chi connectivity index (χ3v) is 4.93. The van der Waals surface area contributed by atoms with Crippen molar-refractivity contribution in [2.45, 2.75) is 25.3 Å². The summed E-state index contributed by atoms with van der Waals surface area (Å²) < 4.78 is 5.18. The first kappa shape index (κ1) is 18.4. The summed E-state index contributed by atoms with van der Waals surface area (Å²) in [5, 5.41) is 8.05. The van der Waals surface area contributed by atoms with Crippen molar-refractivity contribution >= 4 is 35.0 Å². The lowest BCUT2D eigenvalue weighted by molar-refractivity contribution is -0.113. The van der Waals surface area contributed by atoms with Crippen LogP contribution in [0.5, 0.6) is 0 Å². The monoisotopic (exact) mass is 388 g/mol. The van der Waals surface area contributed by atoms with Crippen LogP contribution in [0, 0.1) is 6.92 Å². The third-order valence-electron chi connectivity index (χ3n) is 3.57. The fourth-order valence-electron chi connectivity index (χ4n) is 2.11. The number of anilines is 1. The fraction of sp³-hybridized carbons (Fsp3) is 0.222. The first-order chi connectivity index (χ1) is 12.5. The number of amides is 1. The van der Waals surface area contributed by atoms with E-state index >= 15 is 0 Å². The standard InChI is InChI=1S/C18H17ClN4O2S/c1-3-15-22-18(25-23-15)12-5-7-17(20-9-12)26-10-16(24)21-13-6-4-11(2)14(19)8-13/h4-9H,3,10H2,1-2H3,(H,21,24). The maximum absolute atomic E-state index is 12.1. The Kier molecular flexibility index (Phi) is 5.90. The average Bonchev–Trinajstić information content (AvgIpc) is 3.13. The van der Waals surface area contributed by atoms with E-state index in [0.717, 1.165) is 16.2 Å². The Bertz CT molecular complexity index is 912. The predicted octanol–water partition coefficient (Wildman–Crippen LogP) is 4.39. The number of carbonyl (C=O) groups excluding carboxylic acids is 1. The van der Waals surface area contributed by atoms with Crippen molar-refractivity contribution in [3.63, 3.8) is 0 Å². The van der Waals surface area contributed by atoms with Crippen LogP contribution in [0.3, 0.4) is 0 Å². The highest BCUT2D eigenvalue weighted by Gasteiger charge is 2.09. The molecule has 0 aliphatic heterocycles. The molecule has 0 radical (unpaired) electrons. The molecule has 0 saturated carbocycles. The van der Waals surface area contributed by atoms with Gasteiger partial charge in [-0.1, -0.05) is 41.5 Å². The van der Waals surface area contributed by atoms with Crippen LogP contribution in [0.2, 0.25) is 5.02 Å². The van der Waals surface area contributed by atoms with Gasteiger partial charge in [0, 0.05) is 23.3 Å². The van der Waals surface area contributed by atoms with Crippen molar-refractivity contribution in [3.8, 4) is 11.5 Å². The van der Waals surface area contributed by atoms with E-state index in [1.165, 1.54) is 11.8 Å². The van der Waals surface area contributed by atoms with Crippen LogP contribution >= 0.6 is 23.4 Å². The Morgan fingerprint density at radius 2 is 2.15 bits per heavy atom. The number of benzene rings is 1. The van der Waals surface area contributed by atoms with Crippen molar-refractivity contribution in [2.75, 3.05) is 11.1 Å². The van der Waals surface area contributed by atoms with Gasteiger partial charge in [0.2, 0.25) is 5.91 Å². The molecule has 26 heavy (non-hydrogen) atoms. The molecule has 3 rings (SSSR count). The Balaban J connectivity index is 1.55. The van der Waals surface area contributed by atoms with Gasteiger partial charge in [0.05, 0.1) is 16.3 Å². The van der Waals surface area contributed by atoms with E-state index in [9.17, 15) is 4.79 Å². The van der Waals surface area contributed by atoms with Gasteiger partial charge in [-0.05, 0) is 36.8 Å². The summed E-state index contributed by atoms with van der Waals surface area (Å²) in [6.07, 6.45) is 2.37. The summed E-state index contributed by atoms with van der Waals surface area (Å²) in [6, 6.07) is 9.10. The highest BCUT2D eigenvalue weighted by molar-refractivity contribution is 7.99. The largest absolute Gasteiger partial charge is 0.334 e. The predicted molar refractivity (Wildman–Crippen MR) is 102 cm³/mol. The lowest BCUT2D eigenvalue weighted by Crippen LogP contribution is -2.14. The van der Waals surface area contributed by atoms with Crippen molar-refractivity contribution in [3.05, 3.63) is 52.9 Å². The minimum absolute atomic E-state index is 0.120. The van der Waals surface area contributed by atoms with Crippen LogP contribution in [0.25, 0.3) is 11.5 Å². The molecule has 2 aromatic heterocycles. The van der Waals surface area contributed by atoms with Crippen LogP contribution in [-0.2, 0) is 11.2 Å². The number of pyridine rings is 1. The van der Waals surface area contributed by atoms with E-state index in [-0.39, 0.29) is 11.7 Å². The van der Waals surface area contributed by atoms with Crippen molar-refractivity contribution in [1.29, 1.82) is 0 Å². The lowest BCUT2D eigenvalue weighted by atomic mass is 10.2. The number of carbonyl (C=O) groups is 1. The van der Waals surface area contributed by atoms with Crippen LogP contribution in [0.15, 0.2) is 46.1 Å². The number of aryl methyl sites for hydroxylation is 2. The lowest BCUT2D eigenvalue weighted by Gasteiger charge is -2.06. The molecule has 0 spiro atoms. The molecule has 134 valence electrons. The van der Waals surface area contributed by atoms with E-state index in [1.807, 2.05) is 38.1 Å². The van der Waals surface area contributed by atoms with Gasteiger partial charge in [-0.2, -0.15) is 4.98 Å². The molecule has 1 N–H and O–H groups in total. The van der Waals surface area contributed by atoms with E-state index in [2.05, 4.69) is 20.4 Å². The molecular formula is C18H17ClN4O2S. The van der Waals surface area contributed by atoms with E-state index in [1.54, 1.807) is 12.3 Å². The minimum atomic E-state index is -0.120. The average molecular weight is 389 g/mol. The molecule has 2 heterocycles. The zero-order valence-corrected chi connectivity index (χ0v) is 15.9. The zero-order chi connectivity index (χ0) is 18.5. The molecule has 0 saturated heterocycles. The molecule has 1 aromatic carbocycles. The Hall–Kier alpha value is -2.38. The SMILES string of the molecule is CCc1noc(-c2ccc(SCC(=O)Nc3ccc(C)c(Cl)c3)nc2)n1. The highest BCUT2D eigenvalue weighted by atomic mass is 35.5. The molecule has 8 heteroatoms. The number of halogens is 1. The number of hydrogen-bond donors (Lipinski definition) is 1. The normalized spacial score (nSPS) is 10.7. The second-order valence-electron chi connectivity index (χ2n) is 5.56. The number of rotatable bonds is 6. The first-order valence-corrected chi connectivity index (χ1v) is 9.39. The first-order valence-electron chi connectivity index (χ1n) is 8.03. The Labute approximate surface area is 160 Å². The van der Waals surface area contributed by atoms with Crippen molar-refractivity contribution in [2.24, 2.45) is 0 Å². The van der Waals surface area contributed by atoms with Gasteiger partial charge >= 0.3 is 0 Å². The number of hydrogen-bond acceptors (Lipinski definition) is 6. The molecule has 1 amide bonds. The number of thioether (sulfide) groups is 1. The summed E-state index contributed by atoms with van der Waals surface area (Å²) in [6.45, 7) is 3.87. The topological polar surface area (TPSA) is 80.9 Å².